The Hall–Kier alpha value is -1.91. The van der Waals surface area contributed by atoms with E-state index in [-0.39, 0.29) is 5.82 Å². The van der Waals surface area contributed by atoms with Gasteiger partial charge in [0, 0.05) is 43.7 Å². The maximum absolute atomic E-state index is 14.4. The highest BCUT2D eigenvalue weighted by Crippen LogP contribution is 2.46. The molecule has 2 heterocycles. The van der Waals surface area contributed by atoms with Gasteiger partial charge in [0.05, 0.1) is 7.11 Å². The molecule has 2 saturated heterocycles. The quantitative estimate of drug-likeness (QED) is 0.771. The van der Waals surface area contributed by atoms with Crippen LogP contribution in [0.4, 0.5) is 4.39 Å². The van der Waals surface area contributed by atoms with Crippen molar-refractivity contribution in [2.75, 3.05) is 40.3 Å². The van der Waals surface area contributed by atoms with Gasteiger partial charge >= 0.3 is 0 Å². The number of methoxy groups -OCH3 is 1. The normalized spacial score (nSPS) is 25.7. The van der Waals surface area contributed by atoms with Gasteiger partial charge in [0.2, 0.25) is 0 Å². The second-order valence-electron chi connectivity index (χ2n) is 8.33. The Morgan fingerprint density at radius 1 is 1.07 bits per heavy atom. The Morgan fingerprint density at radius 2 is 1.89 bits per heavy atom. The molecule has 4 heteroatoms. The number of benzene rings is 2. The van der Waals surface area contributed by atoms with E-state index in [0.29, 0.717) is 29.2 Å². The highest BCUT2D eigenvalue weighted by atomic mass is 19.1. The molecule has 0 spiro atoms. The molecule has 0 saturated carbocycles. The lowest BCUT2D eigenvalue weighted by Crippen LogP contribution is -2.33. The third-order valence-corrected chi connectivity index (χ3v) is 6.43. The monoisotopic (exact) mass is 368 g/mol. The molecule has 2 aromatic rings. The number of rotatable bonds is 6. The van der Waals surface area contributed by atoms with Gasteiger partial charge in [-0.05, 0) is 43.5 Å². The third-order valence-electron chi connectivity index (χ3n) is 6.43. The first-order valence-electron chi connectivity index (χ1n) is 9.86. The highest BCUT2D eigenvalue weighted by Gasteiger charge is 2.50. The molecule has 0 bridgehead atoms. The lowest BCUT2D eigenvalue weighted by molar-refractivity contribution is 0.208. The number of hydrogen-bond acceptors (Lipinski definition) is 3. The maximum atomic E-state index is 14.4. The van der Waals surface area contributed by atoms with Crippen molar-refractivity contribution in [3.05, 3.63) is 65.5 Å². The molecule has 2 atom stereocenters. The van der Waals surface area contributed by atoms with Crippen LogP contribution in [0, 0.1) is 17.2 Å². The van der Waals surface area contributed by atoms with Crippen molar-refractivity contribution in [1.82, 2.24) is 9.80 Å². The lowest BCUT2D eigenvalue weighted by Gasteiger charge is -2.29. The lowest BCUT2D eigenvalue weighted by atomic mass is 9.76. The minimum absolute atomic E-state index is 0.165. The number of fused-ring (bicyclic) bond motifs is 1. The predicted octanol–water partition coefficient (Wildman–Crippen LogP) is 3.83. The summed E-state index contributed by atoms with van der Waals surface area (Å²) in [7, 11) is 3.85. The summed E-state index contributed by atoms with van der Waals surface area (Å²) in [6.07, 6.45) is 2.30. The molecule has 2 fully saturated rings. The molecule has 2 aliphatic heterocycles. The molecule has 0 N–H and O–H groups in total. The summed E-state index contributed by atoms with van der Waals surface area (Å²) in [6.45, 7) is 4.97. The van der Waals surface area contributed by atoms with E-state index in [9.17, 15) is 4.39 Å². The van der Waals surface area contributed by atoms with Crippen LogP contribution >= 0.6 is 0 Å². The Bertz CT molecular complexity index is 781. The first-order chi connectivity index (χ1) is 13.1. The summed E-state index contributed by atoms with van der Waals surface area (Å²) in [5.41, 5.74) is 2.41. The summed E-state index contributed by atoms with van der Waals surface area (Å²) < 4.78 is 19.8. The molecule has 0 aliphatic carbocycles. The minimum Gasteiger partial charge on any atom is -0.496 e. The van der Waals surface area contributed by atoms with Gasteiger partial charge in [-0.15, -0.1) is 0 Å². The molecule has 2 aromatic carbocycles. The second kappa shape index (κ2) is 7.61. The molecule has 0 amide bonds. The van der Waals surface area contributed by atoms with Crippen molar-refractivity contribution in [1.29, 1.82) is 0 Å². The van der Waals surface area contributed by atoms with E-state index in [4.69, 9.17) is 4.74 Å². The fourth-order valence-corrected chi connectivity index (χ4v) is 5.18. The van der Waals surface area contributed by atoms with Crippen LogP contribution in [0.25, 0.3) is 0 Å². The first kappa shape index (κ1) is 18.5. The van der Waals surface area contributed by atoms with E-state index in [2.05, 4.69) is 47.2 Å². The summed E-state index contributed by atoms with van der Waals surface area (Å²) in [5, 5.41) is 0. The summed E-state index contributed by atoms with van der Waals surface area (Å²) in [6, 6.07) is 15.9. The molecule has 4 rings (SSSR count). The van der Waals surface area contributed by atoms with Gasteiger partial charge in [0.25, 0.3) is 0 Å². The Labute approximate surface area is 161 Å². The maximum Gasteiger partial charge on any atom is 0.131 e. The SMILES string of the molecule is COc1cccc(F)c1CN1CC2CN(C)CC2(CCc2ccccc2)C1. The van der Waals surface area contributed by atoms with Crippen molar-refractivity contribution < 1.29 is 9.13 Å². The fourth-order valence-electron chi connectivity index (χ4n) is 5.18. The smallest absolute Gasteiger partial charge is 0.131 e. The van der Waals surface area contributed by atoms with Crippen LogP contribution in [-0.4, -0.2) is 50.1 Å². The van der Waals surface area contributed by atoms with Gasteiger partial charge in [-0.1, -0.05) is 36.4 Å². The summed E-state index contributed by atoms with van der Waals surface area (Å²) >= 11 is 0. The fraction of sp³-hybridized carbons (Fsp3) is 0.478. The van der Waals surface area contributed by atoms with Crippen molar-refractivity contribution >= 4 is 0 Å². The average Bonchev–Trinajstić information content (AvgIpc) is 3.14. The van der Waals surface area contributed by atoms with Crippen LogP contribution in [0.2, 0.25) is 0 Å². The molecular weight excluding hydrogens is 339 g/mol. The molecular formula is C23H29FN2O. The molecule has 0 radical (unpaired) electrons. The van der Waals surface area contributed by atoms with Crippen LogP contribution < -0.4 is 4.74 Å². The van der Waals surface area contributed by atoms with Gasteiger partial charge in [0.15, 0.2) is 0 Å². The molecule has 0 aromatic heterocycles. The topological polar surface area (TPSA) is 15.7 Å². The summed E-state index contributed by atoms with van der Waals surface area (Å²) in [5.74, 6) is 1.15. The summed E-state index contributed by atoms with van der Waals surface area (Å²) in [4.78, 5) is 4.90. The van der Waals surface area contributed by atoms with Gasteiger partial charge in [-0.25, -0.2) is 4.39 Å². The van der Waals surface area contributed by atoms with Crippen LogP contribution in [0.3, 0.4) is 0 Å². The predicted molar refractivity (Wildman–Crippen MR) is 106 cm³/mol. The van der Waals surface area contributed by atoms with Crippen molar-refractivity contribution in [2.45, 2.75) is 19.4 Å². The zero-order valence-corrected chi connectivity index (χ0v) is 16.3. The highest BCUT2D eigenvalue weighted by molar-refractivity contribution is 5.34. The van der Waals surface area contributed by atoms with Crippen LogP contribution in [0.1, 0.15) is 17.5 Å². The third kappa shape index (κ3) is 3.74. The molecule has 144 valence electrons. The van der Waals surface area contributed by atoms with E-state index >= 15 is 0 Å². The minimum atomic E-state index is -0.165. The molecule has 2 unspecified atom stereocenters. The van der Waals surface area contributed by atoms with Crippen molar-refractivity contribution in [3.8, 4) is 5.75 Å². The number of hydrogen-bond donors (Lipinski definition) is 0. The number of halogens is 1. The van der Waals surface area contributed by atoms with Gasteiger partial charge in [0.1, 0.15) is 11.6 Å². The number of likely N-dealkylation sites (tertiary alicyclic amines) is 2. The van der Waals surface area contributed by atoms with E-state index in [1.165, 1.54) is 18.1 Å². The van der Waals surface area contributed by atoms with E-state index < -0.39 is 0 Å². The number of nitrogens with zero attached hydrogens (tertiary/aromatic N) is 2. The van der Waals surface area contributed by atoms with E-state index in [1.807, 2.05) is 6.07 Å². The number of ether oxygens (including phenoxy) is 1. The largest absolute Gasteiger partial charge is 0.496 e. The van der Waals surface area contributed by atoms with Gasteiger partial charge < -0.3 is 9.64 Å². The van der Waals surface area contributed by atoms with Crippen molar-refractivity contribution in [3.63, 3.8) is 0 Å². The Kier molecular flexibility index (Phi) is 5.20. The van der Waals surface area contributed by atoms with Crippen LogP contribution in [-0.2, 0) is 13.0 Å². The van der Waals surface area contributed by atoms with Gasteiger partial charge in [-0.2, -0.15) is 0 Å². The second-order valence-corrected chi connectivity index (χ2v) is 8.33. The van der Waals surface area contributed by atoms with E-state index in [0.717, 1.165) is 32.6 Å². The standard InChI is InChI=1S/C23H29FN2O/c1-25-13-19-14-26(15-20-21(24)9-6-10-22(20)27-2)17-23(19,16-25)12-11-18-7-4-3-5-8-18/h3-10,19H,11-17H2,1-2H3. The molecule has 2 aliphatic rings. The first-order valence-corrected chi connectivity index (χ1v) is 9.86. The van der Waals surface area contributed by atoms with Gasteiger partial charge in [-0.3, -0.25) is 4.90 Å². The Balaban J connectivity index is 1.49. The molecule has 27 heavy (non-hydrogen) atoms. The molecule has 3 nitrogen and oxygen atoms in total. The van der Waals surface area contributed by atoms with Crippen molar-refractivity contribution in [2.24, 2.45) is 11.3 Å². The average molecular weight is 368 g/mol. The zero-order valence-electron chi connectivity index (χ0n) is 16.3. The number of aryl methyl sites for hydroxylation is 1. The van der Waals surface area contributed by atoms with E-state index in [1.54, 1.807) is 13.2 Å². The zero-order chi connectivity index (χ0) is 18.9. The van der Waals surface area contributed by atoms with Crippen LogP contribution in [0.5, 0.6) is 5.75 Å². The Morgan fingerprint density at radius 3 is 2.67 bits per heavy atom. The van der Waals surface area contributed by atoms with Crippen LogP contribution in [0.15, 0.2) is 48.5 Å².